The molecule has 0 radical (unpaired) electrons. The fraction of sp³-hybridized carbons (Fsp3) is 0.476. The lowest BCUT2D eigenvalue weighted by molar-refractivity contribution is 0.0663. The Kier molecular flexibility index (Phi) is 6.53. The van der Waals surface area contributed by atoms with Gasteiger partial charge in [-0.15, -0.1) is 0 Å². The highest BCUT2D eigenvalue weighted by atomic mass is 16.5. The quantitative estimate of drug-likeness (QED) is 0.761. The molecule has 8 nitrogen and oxygen atoms in total. The van der Waals surface area contributed by atoms with Gasteiger partial charge >= 0.3 is 0 Å². The van der Waals surface area contributed by atoms with E-state index in [1.165, 1.54) is 6.20 Å². The number of amides is 1. The number of carbonyl (C=O) groups is 1. The van der Waals surface area contributed by atoms with Gasteiger partial charge in [0.15, 0.2) is 0 Å². The molecular formula is C21H26N4O4. The van der Waals surface area contributed by atoms with E-state index in [9.17, 15) is 4.79 Å². The summed E-state index contributed by atoms with van der Waals surface area (Å²) >= 11 is 0. The minimum atomic E-state index is -0.173. The fourth-order valence-corrected chi connectivity index (χ4v) is 3.37. The Balaban J connectivity index is 1.28. The molecule has 0 aliphatic carbocycles. The molecule has 29 heavy (non-hydrogen) atoms. The van der Waals surface area contributed by atoms with Gasteiger partial charge in [-0.2, -0.15) is 0 Å². The monoisotopic (exact) mass is 398 g/mol. The maximum absolute atomic E-state index is 12.4. The number of nitrogens with zero attached hydrogens (tertiary/aromatic N) is 3. The highest BCUT2D eigenvalue weighted by Crippen LogP contribution is 2.16. The number of pyridine rings is 2. The predicted octanol–water partition coefficient (Wildman–Crippen LogP) is 1.80. The van der Waals surface area contributed by atoms with Crippen molar-refractivity contribution >= 4 is 11.7 Å². The molecule has 2 fully saturated rings. The summed E-state index contributed by atoms with van der Waals surface area (Å²) in [6.07, 6.45) is 5.54. The Labute approximate surface area is 170 Å². The average Bonchev–Trinajstić information content (AvgIpc) is 3.31. The standard InChI is InChI=1S/C21H26N4O4/c26-21(17-3-4-20(23-14-17)29-15-18-2-1-9-28-18)24-13-16-5-6-22-19(12-16)25-7-10-27-11-8-25/h3-6,12,14,18H,1-2,7-11,13,15H2,(H,24,26). The van der Waals surface area contributed by atoms with Crippen molar-refractivity contribution < 1.29 is 19.0 Å². The number of hydrogen-bond acceptors (Lipinski definition) is 7. The first-order valence-corrected chi connectivity index (χ1v) is 10.0. The number of morpholine rings is 1. The second-order valence-electron chi connectivity index (χ2n) is 7.14. The van der Waals surface area contributed by atoms with Gasteiger partial charge in [-0.25, -0.2) is 9.97 Å². The Hall–Kier alpha value is -2.71. The molecule has 8 heteroatoms. The molecule has 4 heterocycles. The molecule has 2 saturated heterocycles. The SMILES string of the molecule is O=C(NCc1ccnc(N2CCOCC2)c1)c1ccc(OCC2CCCO2)nc1. The molecule has 1 amide bonds. The molecular weight excluding hydrogens is 372 g/mol. The molecule has 1 unspecified atom stereocenters. The van der Waals surface area contributed by atoms with Crippen molar-refractivity contribution in [3.05, 3.63) is 47.8 Å². The van der Waals surface area contributed by atoms with Crippen LogP contribution in [0.4, 0.5) is 5.82 Å². The van der Waals surface area contributed by atoms with E-state index in [-0.39, 0.29) is 12.0 Å². The first-order valence-electron chi connectivity index (χ1n) is 10.0. The molecule has 154 valence electrons. The van der Waals surface area contributed by atoms with Crippen LogP contribution in [0, 0.1) is 0 Å². The second-order valence-corrected chi connectivity index (χ2v) is 7.14. The molecule has 0 spiro atoms. The highest BCUT2D eigenvalue weighted by molar-refractivity contribution is 5.93. The lowest BCUT2D eigenvalue weighted by Crippen LogP contribution is -2.36. The van der Waals surface area contributed by atoms with Gasteiger partial charge in [0.2, 0.25) is 5.88 Å². The van der Waals surface area contributed by atoms with Crippen LogP contribution in [0.5, 0.6) is 5.88 Å². The molecule has 2 aromatic rings. The Morgan fingerprint density at radius 3 is 2.86 bits per heavy atom. The van der Waals surface area contributed by atoms with Crippen LogP contribution >= 0.6 is 0 Å². The van der Waals surface area contributed by atoms with Crippen LogP contribution in [0.1, 0.15) is 28.8 Å². The first-order chi connectivity index (χ1) is 14.3. The van der Waals surface area contributed by atoms with E-state index in [1.54, 1.807) is 18.3 Å². The van der Waals surface area contributed by atoms with Gasteiger partial charge in [-0.3, -0.25) is 4.79 Å². The van der Waals surface area contributed by atoms with Gasteiger partial charge in [-0.05, 0) is 36.6 Å². The lowest BCUT2D eigenvalue weighted by atomic mass is 10.2. The minimum Gasteiger partial charge on any atom is -0.475 e. The van der Waals surface area contributed by atoms with Crippen LogP contribution in [-0.2, 0) is 16.0 Å². The number of hydrogen-bond donors (Lipinski definition) is 1. The lowest BCUT2D eigenvalue weighted by Gasteiger charge is -2.28. The van der Waals surface area contributed by atoms with Crippen LogP contribution in [0.25, 0.3) is 0 Å². The van der Waals surface area contributed by atoms with Gasteiger partial charge < -0.3 is 24.4 Å². The summed E-state index contributed by atoms with van der Waals surface area (Å²) in [5, 5.41) is 2.93. The zero-order valence-corrected chi connectivity index (χ0v) is 16.4. The Bertz CT molecular complexity index is 803. The van der Waals surface area contributed by atoms with Crippen molar-refractivity contribution in [3.63, 3.8) is 0 Å². The predicted molar refractivity (Wildman–Crippen MR) is 107 cm³/mol. The van der Waals surface area contributed by atoms with Crippen LogP contribution < -0.4 is 15.0 Å². The summed E-state index contributed by atoms with van der Waals surface area (Å²) < 4.78 is 16.5. The van der Waals surface area contributed by atoms with Crippen LogP contribution in [0.2, 0.25) is 0 Å². The minimum absolute atomic E-state index is 0.141. The first kappa shape index (κ1) is 19.6. The normalized spacial score (nSPS) is 19.2. The van der Waals surface area contributed by atoms with Crippen molar-refractivity contribution in [3.8, 4) is 5.88 Å². The third-order valence-electron chi connectivity index (χ3n) is 5.04. The number of rotatable bonds is 7. The van der Waals surface area contributed by atoms with E-state index in [0.29, 0.717) is 37.8 Å². The second kappa shape index (κ2) is 9.67. The third-order valence-corrected chi connectivity index (χ3v) is 5.04. The zero-order valence-electron chi connectivity index (χ0n) is 16.4. The summed E-state index contributed by atoms with van der Waals surface area (Å²) in [7, 11) is 0. The van der Waals surface area contributed by atoms with E-state index < -0.39 is 0 Å². The van der Waals surface area contributed by atoms with Gasteiger partial charge in [0.05, 0.1) is 24.9 Å². The van der Waals surface area contributed by atoms with E-state index in [0.717, 1.165) is 43.9 Å². The Morgan fingerprint density at radius 1 is 1.21 bits per heavy atom. The van der Waals surface area contributed by atoms with E-state index in [2.05, 4.69) is 20.2 Å². The smallest absolute Gasteiger partial charge is 0.253 e. The van der Waals surface area contributed by atoms with Crippen molar-refractivity contribution in [1.82, 2.24) is 15.3 Å². The van der Waals surface area contributed by atoms with Crippen molar-refractivity contribution in [1.29, 1.82) is 0 Å². The molecule has 0 aromatic carbocycles. The Morgan fingerprint density at radius 2 is 2.10 bits per heavy atom. The summed E-state index contributed by atoms with van der Waals surface area (Å²) in [4.78, 5) is 23.3. The largest absolute Gasteiger partial charge is 0.475 e. The molecule has 1 N–H and O–H groups in total. The number of ether oxygens (including phenoxy) is 3. The van der Waals surface area contributed by atoms with E-state index in [4.69, 9.17) is 14.2 Å². The molecule has 0 saturated carbocycles. The van der Waals surface area contributed by atoms with Gasteiger partial charge in [0.25, 0.3) is 5.91 Å². The van der Waals surface area contributed by atoms with Crippen molar-refractivity contribution in [2.24, 2.45) is 0 Å². The summed E-state index contributed by atoms with van der Waals surface area (Å²) in [5.74, 6) is 1.24. The van der Waals surface area contributed by atoms with Crippen molar-refractivity contribution in [2.75, 3.05) is 44.4 Å². The van der Waals surface area contributed by atoms with Gasteiger partial charge in [0, 0.05) is 44.7 Å². The number of nitrogens with one attached hydrogen (secondary N) is 1. The number of anilines is 1. The highest BCUT2D eigenvalue weighted by Gasteiger charge is 2.16. The van der Waals surface area contributed by atoms with Gasteiger partial charge in [-0.1, -0.05) is 0 Å². The molecule has 2 aromatic heterocycles. The van der Waals surface area contributed by atoms with E-state index >= 15 is 0 Å². The number of carbonyl (C=O) groups excluding carboxylic acids is 1. The maximum Gasteiger partial charge on any atom is 0.253 e. The fourth-order valence-electron chi connectivity index (χ4n) is 3.37. The van der Waals surface area contributed by atoms with Crippen LogP contribution in [0.15, 0.2) is 36.7 Å². The van der Waals surface area contributed by atoms with Crippen LogP contribution in [0.3, 0.4) is 0 Å². The third kappa shape index (κ3) is 5.42. The molecule has 4 rings (SSSR count). The molecule has 0 bridgehead atoms. The molecule has 2 aliphatic heterocycles. The van der Waals surface area contributed by atoms with Gasteiger partial charge in [0.1, 0.15) is 12.4 Å². The molecule has 1 atom stereocenters. The van der Waals surface area contributed by atoms with Crippen molar-refractivity contribution in [2.45, 2.75) is 25.5 Å². The zero-order chi connectivity index (χ0) is 19.9. The summed E-state index contributed by atoms with van der Waals surface area (Å²) in [6, 6.07) is 7.35. The van der Waals surface area contributed by atoms with E-state index in [1.807, 2.05) is 12.1 Å². The average molecular weight is 398 g/mol. The number of aromatic nitrogens is 2. The maximum atomic E-state index is 12.4. The summed E-state index contributed by atoms with van der Waals surface area (Å²) in [5.41, 5.74) is 1.50. The summed E-state index contributed by atoms with van der Waals surface area (Å²) in [6.45, 7) is 4.80. The van der Waals surface area contributed by atoms with Crippen LogP contribution in [-0.4, -0.2) is 61.5 Å². The molecule has 2 aliphatic rings. The topological polar surface area (TPSA) is 85.8 Å².